The first-order valence-corrected chi connectivity index (χ1v) is 9.93. The second-order valence-electron chi connectivity index (χ2n) is 6.12. The van der Waals surface area contributed by atoms with Crippen LogP contribution in [-0.2, 0) is 14.3 Å². The average molecular weight is 449 g/mol. The Morgan fingerprint density at radius 3 is 2.73 bits per heavy atom. The van der Waals surface area contributed by atoms with Crippen LogP contribution in [0.25, 0.3) is 17.3 Å². The molecule has 9 heteroatoms. The first-order chi connectivity index (χ1) is 14.3. The van der Waals surface area contributed by atoms with Crippen LogP contribution in [0.2, 0.25) is 5.02 Å². The topological polar surface area (TPSA) is 68.3 Å². The Bertz CT molecular complexity index is 1120. The van der Waals surface area contributed by atoms with Gasteiger partial charge in [-0.1, -0.05) is 23.7 Å². The van der Waals surface area contributed by atoms with E-state index in [1.807, 2.05) is 0 Å². The number of benzene rings is 2. The number of hydrogen-bond donors (Lipinski definition) is 1. The molecule has 1 N–H and O–H groups in total. The van der Waals surface area contributed by atoms with Crippen molar-refractivity contribution in [2.45, 2.75) is 13.0 Å². The fraction of sp³-hybridized carbons (Fsp3) is 0.0952. The molecule has 2 aromatic carbocycles. The van der Waals surface area contributed by atoms with Crippen molar-refractivity contribution in [1.29, 1.82) is 0 Å². The number of hydrogen-bond acceptors (Lipinski definition) is 5. The molecule has 3 rings (SSSR count). The fourth-order valence-corrected chi connectivity index (χ4v) is 3.29. The minimum Gasteiger partial charge on any atom is -0.449 e. The zero-order valence-corrected chi connectivity index (χ0v) is 17.1. The Morgan fingerprint density at radius 1 is 1.20 bits per heavy atom. The molecule has 0 unspecified atom stereocenters. The Morgan fingerprint density at radius 2 is 2.00 bits per heavy atom. The molecule has 1 atom stereocenters. The highest BCUT2D eigenvalue weighted by Gasteiger charge is 2.18. The lowest BCUT2D eigenvalue weighted by atomic mass is 10.2. The van der Waals surface area contributed by atoms with Crippen molar-refractivity contribution >= 4 is 46.0 Å². The van der Waals surface area contributed by atoms with Crippen LogP contribution in [0.3, 0.4) is 0 Å². The molecule has 0 aliphatic rings. The fourth-order valence-electron chi connectivity index (χ4n) is 2.37. The zero-order chi connectivity index (χ0) is 21.7. The van der Waals surface area contributed by atoms with Gasteiger partial charge in [-0.05, 0) is 48.9 Å². The molecule has 1 aromatic heterocycles. The quantitative estimate of drug-likeness (QED) is 0.409. The molecule has 0 aliphatic carbocycles. The number of carbonyl (C=O) groups excluding carboxylic acids is 2. The largest absolute Gasteiger partial charge is 0.449 e. The molecular weight excluding hydrogens is 434 g/mol. The van der Waals surface area contributed by atoms with Gasteiger partial charge in [-0.25, -0.2) is 18.6 Å². The van der Waals surface area contributed by atoms with Crippen LogP contribution in [0.4, 0.5) is 13.9 Å². The number of anilines is 1. The lowest BCUT2D eigenvalue weighted by Crippen LogP contribution is -2.29. The number of carbonyl (C=O) groups is 2. The summed E-state index contributed by atoms with van der Waals surface area (Å²) in [5.74, 6) is -3.22. The van der Waals surface area contributed by atoms with Gasteiger partial charge >= 0.3 is 5.97 Å². The van der Waals surface area contributed by atoms with Gasteiger partial charge in [-0.15, -0.1) is 11.3 Å². The van der Waals surface area contributed by atoms with Crippen LogP contribution in [-0.4, -0.2) is 23.0 Å². The normalized spacial score (nSPS) is 12.0. The molecule has 0 spiro atoms. The molecule has 154 valence electrons. The first kappa shape index (κ1) is 21.6. The number of amides is 1. The van der Waals surface area contributed by atoms with Gasteiger partial charge in [0.25, 0.3) is 5.91 Å². The smallest absolute Gasteiger partial charge is 0.331 e. The summed E-state index contributed by atoms with van der Waals surface area (Å²) >= 11 is 6.98. The number of aromatic nitrogens is 1. The summed E-state index contributed by atoms with van der Waals surface area (Å²) in [6, 6.07) is 10.3. The van der Waals surface area contributed by atoms with Crippen molar-refractivity contribution in [2.24, 2.45) is 0 Å². The van der Waals surface area contributed by atoms with E-state index in [4.69, 9.17) is 16.3 Å². The summed E-state index contributed by atoms with van der Waals surface area (Å²) in [4.78, 5) is 28.3. The first-order valence-electron chi connectivity index (χ1n) is 8.68. The van der Waals surface area contributed by atoms with Crippen molar-refractivity contribution in [2.75, 3.05) is 5.32 Å². The molecule has 0 aliphatic heterocycles. The number of thiazole rings is 1. The minimum atomic E-state index is -1.07. The number of halogens is 3. The third kappa shape index (κ3) is 5.71. The van der Waals surface area contributed by atoms with Crippen molar-refractivity contribution in [3.63, 3.8) is 0 Å². The average Bonchev–Trinajstić information content (AvgIpc) is 3.17. The van der Waals surface area contributed by atoms with E-state index in [-0.39, 0.29) is 5.13 Å². The van der Waals surface area contributed by atoms with E-state index in [1.165, 1.54) is 25.1 Å². The van der Waals surface area contributed by atoms with Gasteiger partial charge in [0.15, 0.2) is 22.9 Å². The van der Waals surface area contributed by atoms with Crippen LogP contribution >= 0.6 is 22.9 Å². The summed E-state index contributed by atoms with van der Waals surface area (Å²) in [6.45, 7) is 1.42. The number of nitrogens with zero attached hydrogens (tertiary/aromatic N) is 1. The molecule has 1 heterocycles. The van der Waals surface area contributed by atoms with Gasteiger partial charge in [0, 0.05) is 22.0 Å². The Hall–Kier alpha value is -3.10. The van der Waals surface area contributed by atoms with Gasteiger partial charge in [0.05, 0.1) is 5.69 Å². The second kappa shape index (κ2) is 9.60. The highest BCUT2D eigenvalue weighted by molar-refractivity contribution is 7.14. The van der Waals surface area contributed by atoms with E-state index in [2.05, 4.69) is 10.3 Å². The third-order valence-electron chi connectivity index (χ3n) is 3.87. The predicted molar refractivity (Wildman–Crippen MR) is 112 cm³/mol. The van der Waals surface area contributed by atoms with Gasteiger partial charge < -0.3 is 4.74 Å². The molecule has 1 amide bonds. The maximum atomic E-state index is 13.4. The molecule has 0 saturated carbocycles. The maximum Gasteiger partial charge on any atom is 0.331 e. The van der Waals surface area contributed by atoms with E-state index in [9.17, 15) is 18.4 Å². The monoisotopic (exact) mass is 448 g/mol. The zero-order valence-electron chi connectivity index (χ0n) is 15.6. The van der Waals surface area contributed by atoms with Crippen LogP contribution in [0.5, 0.6) is 0 Å². The molecule has 0 saturated heterocycles. The number of nitrogens with one attached hydrogen (secondary N) is 1. The van der Waals surface area contributed by atoms with E-state index in [0.717, 1.165) is 23.5 Å². The standard InChI is InChI=1S/C21H15ClF2N2O3S/c1-12(29-19(27)8-5-13-3-2-4-15(22)9-13)20(28)26-21-25-18(11-30-21)14-6-7-16(23)17(24)10-14/h2-12H,1H3,(H,25,26,28)/b8-5+/t12-/m0/s1. The van der Waals surface area contributed by atoms with Crippen molar-refractivity contribution in [3.05, 3.63) is 76.1 Å². The molecule has 5 nitrogen and oxygen atoms in total. The number of ether oxygens (including phenoxy) is 1. The van der Waals surface area contributed by atoms with E-state index >= 15 is 0 Å². The van der Waals surface area contributed by atoms with E-state index < -0.39 is 29.6 Å². The summed E-state index contributed by atoms with van der Waals surface area (Å²) in [7, 11) is 0. The maximum absolute atomic E-state index is 13.4. The SMILES string of the molecule is C[C@H](OC(=O)/C=C/c1cccc(Cl)c1)C(=O)Nc1nc(-c2ccc(F)c(F)c2)cs1. The van der Waals surface area contributed by atoms with Crippen LogP contribution in [0.15, 0.2) is 53.9 Å². The van der Waals surface area contributed by atoms with E-state index in [0.29, 0.717) is 21.8 Å². The minimum absolute atomic E-state index is 0.233. The van der Waals surface area contributed by atoms with Crippen molar-refractivity contribution < 1.29 is 23.1 Å². The highest BCUT2D eigenvalue weighted by Crippen LogP contribution is 2.26. The number of esters is 1. The highest BCUT2D eigenvalue weighted by atomic mass is 35.5. The van der Waals surface area contributed by atoms with Gasteiger partial charge in [0.2, 0.25) is 0 Å². The molecular formula is C21H15ClF2N2O3S. The van der Waals surface area contributed by atoms with Crippen molar-refractivity contribution in [1.82, 2.24) is 4.98 Å². The Labute approximate surface area is 180 Å². The lowest BCUT2D eigenvalue weighted by Gasteiger charge is -2.10. The van der Waals surface area contributed by atoms with Crippen LogP contribution < -0.4 is 5.32 Å². The number of rotatable bonds is 6. The predicted octanol–water partition coefficient (Wildman–Crippen LogP) is 5.33. The third-order valence-corrected chi connectivity index (χ3v) is 4.87. The van der Waals surface area contributed by atoms with Crippen molar-refractivity contribution in [3.8, 4) is 11.3 Å². The molecule has 30 heavy (non-hydrogen) atoms. The second-order valence-corrected chi connectivity index (χ2v) is 7.42. The Balaban J connectivity index is 1.57. The summed E-state index contributed by atoms with van der Waals surface area (Å²) in [6.07, 6.45) is 1.64. The van der Waals surface area contributed by atoms with Crippen LogP contribution in [0.1, 0.15) is 12.5 Å². The molecule has 0 bridgehead atoms. The van der Waals surface area contributed by atoms with Gasteiger partial charge in [0.1, 0.15) is 0 Å². The van der Waals surface area contributed by atoms with Crippen LogP contribution in [0, 0.1) is 11.6 Å². The van der Waals surface area contributed by atoms with Gasteiger partial charge in [-0.3, -0.25) is 10.1 Å². The summed E-state index contributed by atoms with van der Waals surface area (Å²) in [5.41, 5.74) is 1.46. The summed E-state index contributed by atoms with van der Waals surface area (Å²) in [5, 5.41) is 4.88. The van der Waals surface area contributed by atoms with Gasteiger partial charge in [-0.2, -0.15) is 0 Å². The molecule has 0 radical (unpaired) electrons. The summed E-state index contributed by atoms with van der Waals surface area (Å²) < 4.78 is 31.5. The molecule has 3 aromatic rings. The van der Waals surface area contributed by atoms with E-state index in [1.54, 1.807) is 29.6 Å². The molecule has 0 fully saturated rings. The Kier molecular flexibility index (Phi) is 6.91. The lowest BCUT2D eigenvalue weighted by molar-refractivity contribution is -0.148.